The SMILES string of the molecule is CC(C)(C)OC(=O)c1cc(-c2ccccc2S(C)(=O)=O)cnc1N. The van der Waals surface area contributed by atoms with E-state index in [0.29, 0.717) is 11.1 Å². The third kappa shape index (κ3) is 4.11. The molecule has 0 saturated carbocycles. The first-order chi connectivity index (χ1) is 11.0. The molecule has 0 aliphatic heterocycles. The lowest BCUT2D eigenvalue weighted by Crippen LogP contribution is -2.24. The molecule has 0 amide bonds. The molecule has 0 aliphatic carbocycles. The number of nitrogen functional groups attached to an aromatic ring is 1. The Morgan fingerprint density at radius 3 is 2.42 bits per heavy atom. The molecule has 0 fully saturated rings. The average molecular weight is 348 g/mol. The Morgan fingerprint density at radius 2 is 1.83 bits per heavy atom. The normalized spacial score (nSPS) is 12.0. The van der Waals surface area contributed by atoms with E-state index in [1.54, 1.807) is 39.0 Å². The molecule has 0 radical (unpaired) electrons. The summed E-state index contributed by atoms with van der Waals surface area (Å²) in [4.78, 5) is 16.5. The third-order valence-electron chi connectivity index (χ3n) is 3.13. The van der Waals surface area contributed by atoms with Crippen molar-refractivity contribution in [2.24, 2.45) is 0 Å². The van der Waals surface area contributed by atoms with Crippen LogP contribution < -0.4 is 5.73 Å². The molecule has 0 bridgehead atoms. The van der Waals surface area contributed by atoms with E-state index in [0.717, 1.165) is 6.26 Å². The number of hydrogen-bond acceptors (Lipinski definition) is 6. The molecule has 24 heavy (non-hydrogen) atoms. The minimum absolute atomic E-state index is 0.0323. The summed E-state index contributed by atoms with van der Waals surface area (Å²) in [5.41, 5.74) is 6.14. The molecule has 0 spiro atoms. The van der Waals surface area contributed by atoms with Crippen molar-refractivity contribution in [1.82, 2.24) is 4.98 Å². The van der Waals surface area contributed by atoms with E-state index < -0.39 is 21.4 Å². The van der Waals surface area contributed by atoms with Gasteiger partial charge in [0.15, 0.2) is 9.84 Å². The van der Waals surface area contributed by atoms with Gasteiger partial charge in [-0.3, -0.25) is 0 Å². The average Bonchev–Trinajstić information content (AvgIpc) is 2.45. The third-order valence-corrected chi connectivity index (χ3v) is 4.29. The van der Waals surface area contributed by atoms with Crippen molar-refractivity contribution in [1.29, 1.82) is 0 Å². The molecule has 1 aromatic carbocycles. The van der Waals surface area contributed by atoms with Crippen molar-refractivity contribution < 1.29 is 17.9 Å². The van der Waals surface area contributed by atoms with E-state index in [9.17, 15) is 13.2 Å². The van der Waals surface area contributed by atoms with Crippen molar-refractivity contribution in [3.63, 3.8) is 0 Å². The lowest BCUT2D eigenvalue weighted by atomic mass is 10.1. The highest BCUT2D eigenvalue weighted by atomic mass is 32.2. The molecule has 6 nitrogen and oxygen atoms in total. The van der Waals surface area contributed by atoms with E-state index in [4.69, 9.17) is 10.5 Å². The number of carbonyl (C=O) groups is 1. The number of esters is 1. The molecule has 0 atom stereocenters. The van der Waals surface area contributed by atoms with Gasteiger partial charge in [-0.25, -0.2) is 18.2 Å². The number of rotatable bonds is 3. The largest absolute Gasteiger partial charge is 0.456 e. The molecule has 2 aromatic rings. The van der Waals surface area contributed by atoms with Crippen LogP contribution in [0.25, 0.3) is 11.1 Å². The summed E-state index contributed by atoms with van der Waals surface area (Å²) in [6.45, 7) is 5.24. The number of benzene rings is 1. The highest BCUT2D eigenvalue weighted by Crippen LogP contribution is 2.29. The number of carbonyl (C=O) groups excluding carboxylic acids is 1. The van der Waals surface area contributed by atoms with E-state index in [-0.39, 0.29) is 16.3 Å². The van der Waals surface area contributed by atoms with Gasteiger partial charge in [-0.05, 0) is 32.9 Å². The summed E-state index contributed by atoms with van der Waals surface area (Å²) in [7, 11) is -3.43. The molecular weight excluding hydrogens is 328 g/mol. The molecule has 2 N–H and O–H groups in total. The molecule has 128 valence electrons. The number of ether oxygens (including phenoxy) is 1. The maximum atomic E-state index is 12.3. The number of pyridine rings is 1. The van der Waals surface area contributed by atoms with E-state index >= 15 is 0 Å². The van der Waals surface area contributed by atoms with Gasteiger partial charge in [0, 0.05) is 23.6 Å². The van der Waals surface area contributed by atoms with Crippen LogP contribution in [0.5, 0.6) is 0 Å². The molecular formula is C17H20N2O4S. The minimum atomic E-state index is -3.43. The Kier molecular flexibility index (Phi) is 4.66. The summed E-state index contributed by atoms with van der Waals surface area (Å²) in [6, 6.07) is 8.02. The Hall–Kier alpha value is -2.41. The van der Waals surface area contributed by atoms with Gasteiger partial charge < -0.3 is 10.5 Å². The van der Waals surface area contributed by atoms with Crippen LogP contribution in [0.15, 0.2) is 41.4 Å². The van der Waals surface area contributed by atoms with Crippen LogP contribution >= 0.6 is 0 Å². The van der Waals surface area contributed by atoms with Gasteiger partial charge in [-0.2, -0.15) is 0 Å². The van der Waals surface area contributed by atoms with Crippen molar-refractivity contribution in [2.75, 3.05) is 12.0 Å². The van der Waals surface area contributed by atoms with Crippen LogP contribution in [0.2, 0.25) is 0 Å². The van der Waals surface area contributed by atoms with E-state index in [1.807, 2.05) is 0 Å². The number of sulfone groups is 1. The molecule has 7 heteroatoms. The predicted octanol–water partition coefficient (Wildman–Crippen LogP) is 2.69. The number of aromatic nitrogens is 1. The number of anilines is 1. The highest BCUT2D eigenvalue weighted by molar-refractivity contribution is 7.90. The second-order valence-electron chi connectivity index (χ2n) is 6.43. The summed E-state index contributed by atoms with van der Waals surface area (Å²) in [6.07, 6.45) is 2.57. The lowest BCUT2D eigenvalue weighted by molar-refractivity contribution is 0.00705. The fourth-order valence-electron chi connectivity index (χ4n) is 2.15. The summed E-state index contributed by atoms with van der Waals surface area (Å²) in [5.74, 6) is -0.573. The van der Waals surface area contributed by atoms with Gasteiger partial charge in [0.05, 0.1) is 4.90 Å². The van der Waals surface area contributed by atoms with Gasteiger partial charge in [0.2, 0.25) is 0 Å². The van der Waals surface area contributed by atoms with Crippen LogP contribution in [0.4, 0.5) is 5.82 Å². The van der Waals surface area contributed by atoms with Crippen molar-refractivity contribution in [3.05, 3.63) is 42.1 Å². The molecule has 0 saturated heterocycles. The Bertz CT molecular complexity index is 884. The first-order valence-electron chi connectivity index (χ1n) is 7.27. The van der Waals surface area contributed by atoms with Gasteiger partial charge in [0.25, 0.3) is 0 Å². The van der Waals surface area contributed by atoms with Crippen LogP contribution in [0.3, 0.4) is 0 Å². The first-order valence-corrected chi connectivity index (χ1v) is 9.16. The van der Waals surface area contributed by atoms with Crippen molar-refractivity contribution in [2.45, 2.75) is 31.3 Å². The van der Waals surface area contributed by atoms with Gasteiger partial charge in [-0.15, -0.1) is 0 Å². The molecule has 0 aliphatic rings. The van der Waals surface area contributed by atoms with Gasteiger partial charge in [-0.1, -0.05) is 18.2 Å². The summed E-state index contributed by atoms with van der Waals surface area (Å²) >= 11 is 0. The Balaban J connectivity index is 2.56. The summed E-state index contributed by atoms with van der Waals surface area (Å²) < 4.78 is 29.2. The first kappa shape index (κ1) is 17.9. The molecule has 1 aromatic heterocycles. The van der Waals surface area contributed by atoms with Gasteiger partial charge in [0.1, 0.15) is 17.0 Å². The predicted molar refractivity (Wildman–Crippen MR) is 92.4 cm³/mol. The smallest absolute Gasteiger partial charge is 0.342 e. The topological polar surface area (TPSA) is 99.4 Å². The van der Waals surface area contributed by atoms with Gasteiger partial charge >= 0.3 is 5.97 Å². The summed E-state index contributed by atoms with van der Waals surface area (Å²) in [5, 5.41) is 0. The van der Waals surface area contributed by atoms with Crippen LogP contribution in [0.1, 0.15) is 31.1 Å². The van der Waals surface area contributed by atoms with Crippen molar-refractivity contribution >= 4 is 21.6 Å². The number of hydrogen-bond donors (Lipinski definition) is 1. The molecule has 0 unspecified atom stereocenters. The van der Waals surface area contributed by atoms with E-state index in [2.05, 4.69) is 4.98 Å². The maximum absolute atomic E-state index is 12.3. The monoisotopic (exact) mass is 348 g/mol. The Morgan fingerprint density at radius 1 is 1.21 bits per heavy atom. The second-order valence-corrected chi connectivity index (χ2v) is 8.41. The van der Waals surface area contributed by atoms with Crippen LogP contribution in [0, 0.1) is 0 Å². The van der Waals surface area contributed by atoms with Crippen LogP contribution in [-0.2, 0) is 14.6 Å². The lowest BCUT2D eigenvalue weighted by Gasteiger charge is -2.20. The number of nitrogens with two attached hydrogens (primary N) is 1. The zero-order chi connectivity index (χ0) is 18.1. The quantitative estimate of drug-likeness (QED) is 0.856. The van der Waals surface area contributed by atoms with Crippen molar-refractivity contribution in [3.8, 4) is 11.1 Å². The number of nitrogens with zero attached hydrogens (tertiary/aromatic N) is 1. The molecule has 2 rings (SSSR count). The maximum Gasteiger partial charge on any atom is 0.342 e. The fraction of sp³-hybridized carbons (Fsp3) is 0.294. The standard InChI is InChI=1S/C17H20N2O4S/c1-17(2,3)23-16(20)13-9-11(10-19-15(13)18)12-7-5-6-8-14(12)24(4,21)22/h5-10H,1-4H3,(H2,18,19). The Labute approximate surface area is 141 Å². The fourth-order valence-corrected chi connectivity index (χ4v) is 3.06. The highest BCUT2D eigenvalue weighted by Gasteiger charge is 2.22. The zero-order valence-corrected chi connectivity index (χ0v) is 14.8. The minimum Gasteiger partial charge on any atom is -0.456 e. The molecule has 1 heterocycles. The van der Waals surface area contributed by atoms with Crippen LogP contribution in [-0.4, -0.2) is 31.2 Å². The van der Waals surface area contributed by atoms with E-state index in [1.165, 1.54) is 18.3 Å². The second kappa shape index (κ2) is 6.24. The zero-order valence-electron chi connectivity index (χ0n) is 14.0.